The maximum Gasteiger partial charge on any atom is 0.308 e. The number of esters is 2. The Bertz CT molecular complexity index is 940. The van der Waals surface area contributed by atoms with Crippen LogP contribution in [-0.4, -0.2) is 75.2 Å². The van der Waals surface area contributed by atoms with E-state index in [4.69, 9.17) is 9.47 Å². The van der Waals surface area contributed by atoms with Crippen LogP contribution < -0.4 is 10.6 Å². The fourth-order valence-corrected chi connectivity index (χ4v) is 8.80. The molecule has 380 valence electrons. The summed E-state index contributed by atoms with van der Waals surface area (Å²) in [6, 6.07) is 0. The third kappa shape index (κ3) is 42.9. The van der Waals surface area contributed by atoms with Crippen molar-refractivity contribution in [1.29, 1.82) is 0 Å². The van der Waals surface area contributed by atoms with E-state index in [2.05, 4.69) is 50.2 Å². The lowest BCUT2D eigenvalue weighted by Gasteiger charge is -2.22. The minimum atomic E-state index is 0.0548. The van der Waals surface area contributed by atoms with Gasteiger partial charge in [-0.1, -0.05) is 202 Å². The number of hydrogen-bond acceptors (Lipinski definition) is 7. The van der Waals surface area contributed by atoms with E-state index >= 15 is 0 Å². The van der Waals surface area contributed by atoms with Gasteiger partial charge in [0.05, 0.1) is 25.0 Å². The lowest BCUT2D eigenvalue weighted by Crippen LogP contribution is -2.34. The topological polar surface area (TPSA) is 97.0 Å². The number of rotatable bonds is 52. The lowest BCUT2D eigenvalue weighted by molar-refractivity contribution is -0.150. The van der Waals surface area contributed by atoms with Crippen LogP contribution in [0.2, 0.25) is 0 Å². The van der Waals surface area contributed by atoms with Crippen LogP contribution in [0.4, 0.5) is 0 Å². The molecule has 0 heterocycles. The molecule has 0 aliphatic heterocycles. The number of carbonyl (C=O) groups is 3. The predicted molar refractivity (Wildman–Crippen MR) is 275 cm³/mol. The Morgan fingerprint density at radius 3 is 1.22 bits per heavy atom. The molecular formula is C56H111N3O5. The van der Waals surface area contributed by atoms with Crippen molar-refractivity contribution in [1.82, 2.24) is 15.5 Å². The van der Waals surface area contributed by atoms with Crippen LogP contribution >= 0.6 is 0 Å². The van der Waals surface area contributed by atoms with Gasteiger partial charge in [-0.15, -0.1) is 0 Å². The van der Waals surface area contributed by atoms with Crippen molar-refractivity contribution in [2.45, 2.75) is 279 Å². The number of hydrogen-bond donors (Lipinski definition) is 2. The number of carbonyl (C=O) groups excluding carboxylic acids is 3. The number of nitrogens with one attached hydrogen (secondary N) is 2. The van der Waals surface area contributed by atoms with E-state index in [9.17, 15) is 14.4 Å². The summed E-state index contributed by atoms with van der Waals surface area (Å²) in [7, 11) is 0. The van der Waals surface area contributed by atoms with Crippen LogP contribution in [-0.2, 0) is 23.9 Å². The molecule has 0 aromatic heterocycles. The molecule has 8 heteroatoms. The Morgan fingerprint density at radius 2 is 0.750 bits per heavy atom. The molecule has 0 aliphatic rings. The third-order valence-corrected chi connectivity index (χ3v) is 13.2. The maximum atomic E-state index is 12.8. The van der Waals surface area contributed by atoms with Crippen LogP contribution in [0, 0.1) is 11.8 Å². The summed E-state index contributed by atoms with van der Waals surface area (Å²) < 4.78 is 11.5. The highest BCUT2D eigenvalue weighted by Crippen LogP contribution is 2.21. The van der Waals surface area contributed by atoms with Crippen LogP contribution in [0.5, 0.6) is 0 Å². The zero-order valence-electron chi connectivity index (χ0n) is 43.7. The van der Waals surface area contributed by atoms with E-state index in [1.165, 1.54) is 142 Å². The van der Waals surface area contributed by atoms with Gasteiger partial charge in [-0.25, -0.2) is 0 Å². The molecule has 0 aromatic rings. The highest BCUT2D eigenvalue weighted by molar-refractivity contribution is 5.75. The normalized spacial score (nSPS) is 12.5. The second-order valence-corrected chi connectivity index (χ2v) is 19.5. The van der Waals surface area contributed by atoms with Gasteiger partial charge in [-0.05, 0) is 90.3 Å². The minimum Gasteiger partial charge on any atom is -0.465 e. The Labute approximate surface area is 398 Å². The summed E-state index contributed by atoms with van der Waals surface area (Å²) >= 11 is 0. The van der Waals surface area contributed by atoms with Gasteiger partial charge in [0.25, 0.3) is 0 Å². The minimum absolute atomic E-state index is 0.0548. The van der Waals surface area contributed by atoms with Gasteiger partial charge in [0.2, 0.25) is 5.91 Å². The molecule has 0 aromatic carbocycles. The molecule has 2 atom stereocenters. The van der Waals surface area contributed by atoms with E-state index in [1.807, 2.05) is 0 Å². The monoisotopic (exact) mass is 906 g/mol. The van der Waals surface area contributed by atoms with Gasteiger partial charge in [-0.2, -0.15) is 0 Å². The van der Waals surface area contributed by atoms with Crippen LogP contribution in [0.25, 0.3) is 0 Å². The maximum absolute atomic E-state index is 12.8. The summed E-state index contributed by atoms with van der Waals surface area (Å²) in [4.78, 5) is 40.3. The second-order valence-electron chi connectivity index (χ2n) is 19.5. The highest BCUT2D eigenvalue weighted by Gasteiger charge is 2.20. The summed E-state index contributed by atoms with van der Waals surface area (Å²) in [6.07, 6.45) is 43.9. The van der Waals surface area contributed by atoms with E-state index < -0.39 is 0 Å². The van der Waals surface area contributed by atoms with Gasteiger partial charge >= 0.3 is 11.9 Å². The molecule has 8 nitrogen and oxygen atoms in total. The standard InChI is InChI=1S/C56H111N3O5/c1-6-11-16-25-32-43-54(60)58-45-34-33-44-57-46-49-59(47-35-26-21-19-23-28-37-50-63-55(61)52(39-14-9-4)41-30-17-12-7-2)48-36-27-22-20-24-29-38-51-64-56(62)53(40-15-10-5)42-31-18-13-8-3/h52-53,57H,6-51H2,1-5H3,(H,58,60). The van der Waals surface area contributed by atoms with Crippen molar-refractivity contribution in [3.8, 4) is 0 Å². The highest BCUT2D eigenvalue weighted by atomic mass is 16.5. The molecular weight excluding hydrogens is 795 g/mol. The first kappa shape index (κ1) is 62.3. The molecule has 2 unspecified atom stereocenters. The van der Waals surface area contributed by atoms with Crippen molar-refractivity contribution in [2.75, 3.05) is 52.5 Å². The van der Waals surface area contributed by atoms with Gasteiger partial charge in [-0.3, -0.25) is 14.4 Å². The van der Waals surface area contributed by atoms with Crippen molar-refractivity contribution in [3.63, 3.8) is 0 Å². The van der Waals surface area contributed by atoms with Crippen LogP contribution in [0.3, 0.4) is 0 Å². The summed E-state index contributed by atoms with van der Waals surface area (Å²) in [5.41, 5.74) is 0. The molecule has 0 fully saturated rings. The fraction of sp³-hybridized carbons (Fsp3) is 0.946. The fourth-order valence-electron chi connectivity index (χ4n) is 8.80. The zero-order valence-corrected chi connectivity index (χ0v) is 43.7. The zero-order chi connectivity index (χ0) is 46.8. The Hall–Kier alpha value is -1.67. The molecule has 64 heavy (non-hydrogen) atoms. The second kappa shape index (κ2) is 50.7. The average Bonchev–Trinajstić information content (AvgIpc) is 3.29. The van der Waals surface area contributed by atoms with Gasteiger partial charge < -0.3 is 25.0 Å². The Morgan fingerprint density at radius 1 is 0.375 bits per heavy atom. The van der Waals surface area contributed by atoms with Crippen molar-refractivity contribution in [3.05, 3.63) is 0 Å². The first-order valence-corrected chi connectivity index (χ1v) is 28.5. The molecule has 0 saturated carbocycles. The third-order valence-electron chi connectivity index (χ3n) is 13.2. The van der Waals surface area contributed by atoms with Crippen LogP contribution in [0.15, 0.2) is 0 Å². The summed E-state index contributed by atoms with van der Waals surface area (Å²) in [6.45, 7) is 18.6. The Balaban J connectivity index is 4.43. The molecule has 0 bridgehead atoms. The Kier molecular flexibility index (Phi) is 49.4. The average molecular weight is 907 g/mol. The molecule has 0 radical (unpaired) electrons. The number of amides is 1. The molecule has 1 amide bonds. The van der Waals surface area contributed by atoms with E-state index in [0.717, 1.165) is 135 Å². The van der Waals surface area contributed by atoms with Crippen LogP contribution in [0.1, 0.15) is 279 Å². The summed E-state index contributed by atoms with van der Waals surface area (Å²) in [5.74, 6) is 0.532. The molecule has 0 spiro atoms. The van der Waals surface area contributed by atoms with E-state index in [1.54, 1.807) is 0 Å². The molecule has 2 N–H and O–H groups in total. The van der Waals surface area contributed by atoms with Gasteiger partial charge in [0.1, 0.15) is 0 Å². The van der Waals surface area contributed by atoms with Crippen molar-refractivity contribution >= 4 is 17.8 Å². The molecule has 0 aliphatic carbocycles. The number of nitrogens with zero attached hydrogens (tertiary/aromatic N) is 1. The first-order valence-electron chi connectivity index (χ1n) is 28.5. The first-order chi connectivity index (χ1) is 31.4. The van der Waals surface area contributed by atoms with E-state index in [-0.39, 0.29) is 29.7 Å². The molecule has 0 saturated heterocycles. The molecule has 0 rings (SSSR count). The van der Waals surface area contributed by atoms with Gasteiger partial charge in [0.15, 0.2) is 0 Å². The quantitative estimate of drug-likeness (QED) is 0.0463. The summed E-state index contributed by atoms with van der Waals surface area (Å²) in [5, 5.41) is 6.80. The SMILES string of the molecule is CCCCCCCC(=O)NCCCCNCCN(CCCCCCCCCOC(=O)C(CCCC)CCCCCC)CCCCCCCCCOC(=O)C(CCCC)CCCCCC. The van der Waals surface area contributed by atoms with Gasteiger partial charge in [0, 0.05) is 26.1 Å². The smallest absolute Gasteiger partial charge is 0.308 e. The van der Waals surface area contributed by atoms with Crippen molar-refractivity contribution in [2.24, 2.45) is 11.8 Å². The number of ether oxygens (including phenoxy) is 2. The lowest BCUT2D eigenvalue weighted by atomic mass is 9.95. The largest absolute Gasteiger partial charge is 0.465 e. The van der Waals surface area contributed by atoms with Crippen molar-refractivity contribution < 1.29 is 23.9 Å². The van der Waals surface area contributed by atoms with E-state index in [0.29, 0.717) is 19.6 Å². The number of unbranched alkanes of at least 4 members (excludes halogenated alkanes) is 25. The predicted octanol–water partition coefficient (Wildman–Crippen LogP) is 15.2.